The van der Waals surface area contributed by atoms with Crippen molar-refractivity contribution in [2.75, 3.05) is 0 Å². The average molecular weight is 277 g/mol. The van der Waals surface area contributed by atoms with Gasteiger partial charge >= 0.3 is 5.97 Å². The van der Waals surface area contributed by atoms with Gasteiger partial charge in [-0.25, -0.2) is 9.37 Å². The molecule has 0 spiro atoms. The topological polar surface area (TPSA) is 95.1 Å². The van der Waals surface area contributed by atoms with Gasteiger partial charge in [-0.05, 0) is 24.6 Å². The number of H-pyrrole nitrogens is 1. The van der Waals surface area contributed by atoms with Gasteiger partial charge in [0, 0.05) is 0 Å². The van der Waals surface area contributed by atoms with E-state index in [-0.39, 0.29) is 18.3 Å². The third kappa shape index (κ3) is 2.34. The number of imidazole rings is 1. The number of halogens is 1. The van der Waals surface area contributed by atoms with Gasteiger partial charge in [0.15, 0.2) is 0 Å². The van der Waals surface area contributed by atoms with Crippen LogP contribution in [0.3, 0.4) is 0 Å². The molecule has 2 aromatic rings. The Kier molecular flexibility index (Phi) is 2.89. The van der Waals surface area contributed by atoms with E-state index in [0.29, 0.717) is 23.3 Å². The molecule has 20 heavy (non-hydrogen) atoms. The zero-order valence-electron chi connectivity index (χ0n) is 10.4. The first-order valence-electron chi connectivity index (χ1n) is 6.19. The Labute approximate surface area is 113 Å². The van der Waals surface area contributed by atoms with Crippen molar-refractivity contribution in [3.05, 3.63) is 29.8 Å². The molecule has 1 aromatic carbocycles. The second-order valence-corrected chi connectivity index (χ2v) is 4.85. The molecule has 1 saturated carbocycles. The fourth-order valence-corrected chi connectivity index (χ4v) is 2.18. The molecule has 6 nitrogen and oxygen atoms in total. The second-order valence-electron chi connectivity index (χ2n) is 4.85. The summed E-state index contributed by atoms with van der Waals surface area (Å²) < 4.78 is 13.0. The quantitative estimate of drug-likeness (QED) is 0.778. The minimum Gasteiger partial charge on any atom is -0.481 e. The maximum absolute atomic E-state index is 13.0. The van der Waals surface area contributed by atoms with Crippen molar-refractivity contribution in [3.8, 4) is 0 Å². The van der Waals surface area contributed by atoms with Gasteiger partial charge in [0.05, 0.1) is 29.4 Å². The van der Waals surface area contributed by atoms with Crippen molar-refractivity contribution in [1.29, 1.82) is 0 Å². The molecule has 0 radical (unpaired) electrons. The number of benzene rings is 1. The summed E-state index contributed by atoms with van der Waals surface area (Å²) in [7, 11) is 0. The van der Waals surface area contributed by atoms with Gasteiger partial charge in [-0.1, -0.05) is 0 Å². The summed E-state index contributed by atoms with van der Waals surface area (Å²) in [6.45, 7) is 0.165. The number of rotatable bonds is 4. The summed E-state index contributed by atoms with van der Waals surface area (Å²) in [6, 6.07) is 4.19. The molecule has 1 fully saturated rings. The highest BCUT2D eigenvalue weighted by Crippen LogP contribution is 2.38. The normalized spacial score (nSPS) is 20.9. The van der Waals surface area contributed by atoms with Crippen LogP contribution in [0.15, 0.2) is 18.2 Å². The van der Waals surface area contributed by atoms with Crippen molar-refractivity contribution >= 4 is 22.9 Å². The summed E-state index contributed by atoms with van der Waals surface area (Å²) in [6.07, 6.45) is 0.381. The van der Waals surface area contributed by atoms with Gasteiger partial charge in [0.1, 0.15) is 11.6 Å². The highest BCUT2D eigenvalue weighted by molar-refractivity contribution is 5.89. The van der Waals surface area contributed by atoms with Crippen LogP contribution in [0.1, 0.15) is 12.2 Å². The third-order valence-electron chi connectivity index (χ3n) is 3.37. The van der Waals surface area contributed by atoms with E-state index in [4.69, 9.17) is 5.11 Å². The molecule has 1 aliphatic carbocycles. The Bertz CT molecular complexity index is 697. The predicted molar refractivity (Wildman–Crippen MR) is 67.1 cm³/mol. The molecular weight excluding hydrogens is 265 g/mol. The Morgan fingerprint density at radius 3 is 2.95 bits per heavy atom. The first kappa shape index (κ1) is 12.6. The number of amides is 1. The van der Waals surface area contributed by atoms with Crippen molar-refractivity contribution in [3.63, 3.8) is 0 Å². The number of carboxylic acids is 1. The van der Waals surface area contributed by atoms with Crippen molar-refractivity contribution in [2.24, 2.45) is 11.8 Å². The van der Waals surface area contributed by atoms with Crippen LogP contribution in [0.25, 0.3) is 11.0 Å². The molecular formula is C13H12FN3O3. The lowest BCUT2D eigenvalue weighted by molar-refractivity contribution is -0.140. The third-order valence-corrected chi connectivity index (χ3v) is 3.37. The van der Waals surface area contributed by atoms with Crippen molar-refractivity contribution in [1.82, 2.24) is 15.3 Å². The minimum absolute atomic E-state index is 0.165. The van der Waals surface area contributed by atoms with Gasteiger partial charge in [-0.2, -0.15) is 0 Å². The molecule has 1 amide bonds. The summed E-state index contributed by atoms with van der Waals surface area (Å²) >= 11 is 0. The Morgan fingerprint density at radius 1 is 1.45 bits per heavy atom. The van der Waals surface area contributed by atoms with E-state index in [1.165, 1.54) is 12.1 Å². The van der Waals surface area contributed by atoms with Crippen LogP contribution in [0.4, 0.5) is 4.39 Å². The number of aromatic nitrogens is 2. The number of hydrogen-bond acceptors (Lipinski definition) is 3. The lowest BCUT2D eigenvalue weighted by Crippen LogP contribution is -2.26. The van der Waals surface area contributed by atoms with Crippen molar-refractivity contribution < 1.29 is 19.1 Å². The fourth-order valence-electron chi connectivity index (χ4n) is 2.18. The van der Waals surface area contributed by atoms with E-state index in [9.17, 15) is 14.0 Å². The van der Waals surface area contributed by atoms with E-state index in [1.807, 2.05) is 0 Å². The smallest absolute Gasteiger partial charge is 0.307 e. The highest BCUT2D eigenvalue weighted by Gasteiger charge is 2.48. The summed E-state index contributed by atoms with van der Waals surface area (Å²) in [4.78, 5) is 29.5. The van der Waals surface area contributed by atoms with Crippen LogP contribution in [-0.4, -0.2) is 27.0 Å². The highest BCUT2D eigenvalue weighted by atomic mass is 19.1. The molecule has 3 N–H and O–H groups in total. The van der Waals surface area contributed by atoms with Crippen LogP contribution in [-0.2, 0) is 16.1 Å². The zero-order chi connectivity index (χ0) is 14.3. The number of nitrogens with one attached hydrogen (secondary N) is 2. The van der Waals surface area contributed by atoms with E-state index >= 15 is 0 Å². The fraction of sp³-hybridized carbons (Fsp3) is 0.308. The average Bonchev–Trinajstić information content (AvgIpc) is 3.11. The Morgan fingerprint density at radius 2 is 2.25 bits per heavy atom. The molecule has 1 aromatic heterocycles. The van der Waals surface area contributed by atoms with Gasteiger partial charge in [-0.3, -0.25) is 9.59 Å². The van der Waals surface area contributed by atoms with E-state index in [1.54, 1.807) is 6.07 Å². The zero-order valence-corrected chi connectivity index (χ0v) is 10.4. The number of carbonyl (C=O) groups excluding carboxylic acids is 1. The van der Waals surface area contributed by atoms with Gasteiger partial charge in [0.2, 0.25) is 5.91 Å². The monoisotopic (exact) mass is 277 g/mol. The molecule has 104 valence electrons. The maximum Gasteiger partial charge on any atom is 0.307 e. The van der Waals surface area contributed by atoms with Crippen LogP contribution < -0.4 is 5.32 Å². The summed E-state index contributed by atoms with van der Waals surface area (Å²) in [5.74, 6) is -2.10. The number of nitrogens with zero attached hydrogens (tertiary/aromatic N) is 1. The molecule has 0 unspecified atom stereocenters. The molecule has 1 aliphatic rings. The number of carbonyl (C=O) groups is 2. The molecule has 0 bridgehead atoms. The van der Waals surface area contributed by atoms with E-state index in [2.05, 4.69) is 15.3 Å². The summed E-state index contributed by atoms with van der Waals surface area (Å²) in [5.41, 5.74) is 1.18. The second kappa shape index (κ2) is 4.59. The lowest BCUT2D eigenvalue weighted by Gasteiger charge is -2.01. The van der Waals surface area contributed by atoms with Crippen LogP contribution >= 0.6 is 0 Å². The first-order chi connectivity index (χ1) is 9.54. The molecule has 7 heteroatoms. The molecule has 1 heterocycles. The van der Waals surface area contributed by atoms with Gasteiger partial charge in [0.25, 0.3) is 0 Å². The lowest BCUT2D eigenvalue weighted by atomic mass is 10.3. The van der Waals surface area contributed by atoms with E-state index < -0.39 is 17.8 Å². The van der Waals surface area contributed by atoms with Crippen molar-refractivity contribution in [2.45, 2.75) is 13.0 Å². The molecule has 3 rings (SSSR count). The molecule has 0 aliphatic heterocycles. The largest absolute Gasteiger partial charge is 0.481 e. The van der Waals surface area contributed by atoms with Gasteiger partial charge in [-0.15, -0.1) is 0 Å². The number of carboxylic acid groups (broad SMARTS) is 1. The minimum atomic E-state index is -0.940. The van der Waals surface area contributed by atoms with Crippen LogP contribution in [0.5, 0.6) is 0 Å². The molecule has 2 atom stereocenters. The van der Waals surface area contributed by atoms with Crippen LogP contribution in [0.2, 0.25) is 0 Å². The van der Waals surface area contributed by atoms with E-state index in [0.717, 1.165) is 0 Å². The number of aliphatic carboxylic acids is 1. The summed E-state index contributed by atoms with van der Waals surface area (Å²) in [5, 5.41) is 11.4. The first-order valence-corrected chi connectivity index (χ1v) is 6.19. The number of fused-ring (bicyclic) bond motifs is 1. The Hall–Kier alpha value is -2.44. The Balaban J connectivity index is 1.63. The maximum atomic E-state index is 13.0. The van der Waals surface area contributed by atoms with Crippen LogP contribution in [0, 0.1) is 17.7 Å². The number of aromatic amines is 1. The number of hydrogen-bond donors (Lipinski definition) is 3. The molecule has 0 saturated heterocycles. The standard InChI is InChI=1S/C13H12FN3O3/c14-6-1-2-9-10(3-6)17-11(16-9)5-15-12(18)7-4-8(7)13(19)20/h1-3,7-8H,4-5H2,(H,15,18)(H,16,17)(H,19,20)/t7-,8+/m1/s1. The predicted octanol–water partition coefficient (Wildman–Crippen LogP) is 1.04. The SMILES string of the molecule is O=C(O)[C@H]1C[C@H]1C(=O)NCc1nc2ccc(F)cc2[nH]1. The van der Waals surface area contributed by atoms with Gasteiger partial charge < -0.3 is 15.4 Å².